The molecule has 0 aliphatic heterocycles. The van der Waals surface area contributed by atoms with Gasteiger partial charge in [0.15, 0.2) is 0 Å². The first-order valence-electron chi connectivity index (χ1n) is 35.7. The molecule has 0 saturated carbocycles. The zero-order valence-electron chi connectivity index (χ0n) is 55.5. The van der Waals surface area contributed by atoms with Crippen LogP contribution in [0.2, 0.25) is 0 Å². The highest BCUT2D eigenvalue weighted by Gasteiger charge is 2.53. The van der Waals surface area contributed by atoms with Gasteiger partial charge in [-0.2, -0.15) is 0 Å². The van der Waals surface area contributed by atoms with Crippen molar-refractivity contribution in [3.63, 3.8) is 0 Å². The Hall–Kier alpha value is -13.1. The Morgan fingerprint density at radius 1 is 0.157 bits per heavy atom. The van der Waals surface area contributed by atoms with Crippen LogP contribution in [-0.4, -0.2) is 9.13 Å². The standard InChI is InChI=1S/C100H60N2/c1-11-31-85-69(21-1)70-22-2-12-32-86(70)99(85)89-35-15-5-25-73(89)75-53-47-65(59-91(75)99)97-81-55-45-64(62-43-51-68(52-44-62)102-95-39-19-9-29-79(95)80-30-10-20-40-96(80)102)58-84(81)98(66-48-54-76-74-26-6-16-36-90(74)100(92(76)60-66)87-33-13-3-23-71(87)72-24-4-14-34-88(72)100)82-56-46-63(57-83(82)97)61-41-49-67(50-42-61)101-93-37-17-7-27-77(93)78-28-8-18-38-94(78)101/h1-60H. The molecule has 2 spiro atoms. The van der Waals surface area contributed by atoms with Crippen LogP contribution in [0.15, 0.2) is 364 Å². The summed E-state index contributed by atoms with van der Waals surface area (Å²) in [7, 11) is 0. The average Bonchev–Trinajstić information content (AvgIpc) is 1.27. The van der Waals surface area contributed by atoms with E-state index >= 15 is 0 Å². The van der Waals surface area contributed by atoms with Gasteiger partial charge in [0.1, 0.15) is 0 Å². The summed E-state index contributed by atoms with van der Waals surface area (Å²) in [5, 5.41) is 9.84. The summed E-state index contributed by atoms with van der Waals surface area (Å²) in [5.74, 6) is 0. The molecule has 0 N–H and O–H groups in total. The van der Waals surface area contributed by atoms with E-state index in [1.807, 2.05) is 0 Å². The highest BCUT2D eigenvalue weighted by molar-refractivity contribution is 6.23. The Labute approximate surface area is 590 Å². The minimum absolute atomic E-state index is 0.530. The predicted molar refractivity (Wildman–Crippen MR) is 424 cm³/mol. The summed E-state index contributed by atoms with van der Waals surface area (Å²) in [6.45, 7) is 0. The Morgan fingerprint density at radius 3 is 0.706 bits per heavy atom. The maximum Gasteiger partial charge on any atom is 0.0725 e. The fraction of sp³-hybridized carbons (Fsp3) is 0.0200. The van der Waals surface area contributed by atoms with Gasteiger partial charge in [0.05, 0.1) is 32.9 Å². The second-order valence-corrected chi connectivity index (χ2v) is 28.4. The number of hydrogen-bond donors (Lipinski definition) is 0. The Kier molecular flexibility index (Phi) is 11.3. The molecular formula is C100H60N2. The molecule has 0 fully saturated rings. The number of nitrogens with zero attached hydrogens (tertiary/aromatic N) is 2. The number of para-hydroxylation sites is 4. The smallest absolute Gasteiger partial charge is 0.0725 e. The molecular weight excluding hydrogens is 1230 g/mol. The Morgan fingerprint density at radius 2 is 0.402 bits per heavy atom. The minimum atomic E-state index is -0.530. The minimum Gasteiger partial charge on any atom is -0.309 e. The normalized spacial score (nSPS) is 13.6. The molecule has 2 heterocycles. The molecule has 23 rings (SSSR count). The van der Waals surface area contributed by atoms with Gasteiger partial charge in [-0.25, -0.2) is 0 Å². The maximum absolute atomic E-state index is 2.60. The van der Waals surface area contributed by atoms with Crippen LogP contribution in [0.3, 0.4) is 0 Å². The molecule has 0 radical (unpaired) electrons. The van der Waals surface area contributed by atoms with Crippen molar-refractivity contribution in [1.29, 1.82) is 0 Å². The summed E-state index contributed by atoms with van der Waals surface area (Å²) < 4.78 is 4.84. The third kappa shape index (κ3) is 7.27. The first-order chi connectivity index (χ1) is 50.6. The van der Waals surface area contributed by atoms with Gasteiger partial charge < -0.3 is 9.13 Å². The molecule has 2 aromatic heterocycles. The fourth-order valence-electron chi connectivity index (χ4n) is 19.7. The van der Waals surface area contributed by atoms with Crippen molar-refractivity contribution in [2.24, 2.45) is 0 Å². The lowest BCUT2D eigenvalue weighted by Gasteiger charge is -2.31. The van der Waals surface area contributed by atoms with Crippen molar-refractivity contribution in [1.82, 2.24) is 9.13 Å². The molecule has 0 saturated heterocycles. The van der Waals surface area contributed by atoms with E-state index < -0.39 is 10.8 Å². The van der Waals surface area contributed by atoms with E-state index in [1.165, 1.54) is 176 Å². The van der Waals surface area contributed by atoms with E-state index in [2.05, 4.69) is 373 Å². The second-order valence-electron chi connectivity index (χ2n) is 28.4. The maximum atomic E-state index is 2.60. The molecule has 0 amide bonds. The predicted octanol–water partition coefficient (Wildman–Crippen LogP) is 25.5. The van der Waals surface area contributed by atoms with Gasteiger partial charge >= 0.3 is 0 Å². The molecule has 102 heavy (non-hydrogen) atoms. The van der Waals surface area contributed by atoms with Crippen molar-refractivity contribution in [2.75, 3.05) is 0 Å². The van der Waals surface area contributed by atoms with Crippen LogP contribution in [0.25, 0.3) is 166 Å². The third-order valence-corrected chi connectivity index (χ3v) is 23.8. The van der Waals surface area contributed by atoms with E-state index in [1.54, 1.807) is 0 Å². The summed E-state index contributed by atoms with van der Waals surface area (Å²) in [4.78, 5) is 0. The van der Waals surface area contributed by atoms with Crippen LogP contribution in [0.5, 0.6) is 0 Å². The van der Waals surface area contributed by atoms with Crippen LogP contribution in [-0.2, 0) is 10.8 Å². The zero-order chi connectivity index (χ0) is 66.5. The molecule has 4 aliphatic carbocycles. The molecule has 470 valence electrons. The van der Waals surface area contributed by atoms with Crippen molar-refractivity contribution < 1.29 is 0 Å². The Bertz CT molecular complexity index is 6220. The molecule has 0 atom stereocenters. The molecule has 0 bridgehead atoms. The molecule has 19 aromatic rings. The number of benzene rings is 17. The van der Waals surface area contributed by atoms with Crippen LogP contribution in [0.1, 0.15) is 44.5 Å². The largest absolute Gasteiger partial charge is 0.309 e. The lowest BCUT2D eigenvalue weighted by Crippen LogP contribution is -2.25. The SMILES string of the molecule is c1ccc2c(c1)-c1ccccc1C21c2ccccc2-c2ccc(-c3c4ccc(-c5ccc(-n6c7ccccc7c7ccccc76)cc5)cc4c(-c4ccc5c(c4)C4(c6ccccc6-c6ccccc64)c4ccccc4-5)c4ccc(-c5ccc(-n6c7ccccc7c7ccccc76)cc5)cc34)cc21. The number of hydrogen-bond acceptors (Lipinski definition) is 0. The topological polar surface area (TPSA) is 9.86 Å². The van der Waals surface area contributed by atoms with Crippen LogP contribution in [0.4, 0.5) is 0 Å². The van der Waals surface area contributed by atoms with E-state index in [0.29, 0.717) is 0 Å². The number of fused-ring (bicyclic) bond motifs is 28. The van der Waals surface area contributed by atoms with Gasteiger partial charge in [-0.15, -0.1) is 0 Å². The van der Waals surface area contributed by atoms with E-state index in [-0.39, 0.29) is 0 Å². The van der Waals surface area contributed by atoms with Crippen molar-refractivity contribution in [2.45, 2.75) is 10.8 Å². The molecule has 2 nitrogen and oxygen atoms in total. The van der Waals surface area contributed by atoms with Crippen LogP contribution < -0.4 is 0 Å². The second kappa shape index (κ2) is 20.7. The summed E-state index contributed by atoms with van der Waals surface area (Å²) >= 11 is 0. The van der Waals surface area contributed by atoms with Crippen molar-refractivity contribution >= 4 is 65.2 Å². The summed E-state index contributed by atoms with van der Waals surface area (Å²) in [6, 6.07) is 139. The Balaban J connectivity index is 0.801. The molecule has 4 aliphatic rings. The van der Waals surface area contributed by atoms with Crippen molar-refractivity contribution in [3.8, 4) is 100 Å². The summed E-state index contributed by atoms with van der Waals surface area (Å²) in [6.07, 6.45) is 0. The van der Waals surface area contributed by atoms with Gasteiger partial charge in [-0.05, 0) is 228 Å². The average molecular weight is 1290 g/mol. The van der Waals surface area contributed by atoms with E-state index in [0.717, 1.165) is 33.6 Å². The first kappa shape index (κ1) is 55.8. The molecule has 2 heteroatoms. The zero-order valence-corrected chi connectivity index (χ0v) is 55.5. The first-order valence-corrected chi connectivity index (χ1v) is 35.7. The van der Waals surface area contributed by atoms with Gasteiger partial charge in [-0.3, -0.25) is 0 Å². The molecule has 0 unspecified atom stereocenters. The van der Waals surface area contributed by atoms with Crippen molar-refractivity contribution in [3.05, 3.63) is 408 Å². The van der Waals surface area contributed by atoms with Crippen LogP contribution in [0, 0.1) is 0 Å². The fourth-order valence-corrected chi connectivity index (χ4v) is 19.7. The van der Waals surface area contributed by atoms with Gasteiger partial charge in [0, 0.05) is 32.9 Å². The highest BCUT2D eigenvalue weighted by Crippen LogP contribution is 2.66. The van der Waals surface area contributed by atoms with Gasteiger partial charge in [0.25, 0.3) is 0 Å². The van der Waals surface area contributed by atoms with Gasteiger partial charge in [0.2, 0.25) is 0 Å². The quantitative estimate of drug-likeness (QED) is 0.147. The summed E-state index contributed by atoms with van der Waals surface area (Å²) in [5.41, 5.74) is 36.5. The lowest BCUT2D eigenvalue weighted by molar-refractivity contribution is 0.794. The molecule has 17 aromatic carbocycles. The highest BCUT2D eigenvalue weighted by atomic mass is 15.0. The lowest BCUT2D eigenvalue weighted by atomic mass is 9.70. The monoisotopic (exact) mass is 1290 g/mol. The third-order valence-electron chi connectivity index (χ3n) is 23.8. The van der Waals surface area contributed by atoms with Crippen LogP contribution >= 0.6 is 0 Å². The van der Waals surface area contributed by atoms with E-state index in [9.17, 15) is 0 Å². The number of aromatic nitrogens is 2. The number of rotatable bonds is 6. The van der Waals surface area contributed by atoms with Gasteiger partial charge in [-0.1, -0.05) is 291 Å². The van der Waals surface area contributed by atoms with E-state index in [4.69, 9.17) is 0 Å².